The highest BCUT2D eigenvalue weighted by Crippen LogP contribution is 2.23. The molecule has 2 nitrogen and oxygen atoms in total. The van der Waals surface area contributed by atoms with Gasteiger partial charge in [0, 0.05) is 5.39 Å². The van der Waals surface area contributed by atoms with Crippen molar-refractivity contribution in [2.75, 3.05) is 0 Å². The number of nitrogens with zero attached hydrogens (tertiary/aromatic N) is 2. The van der Waals surface area contributed by atoms with Crippen LogP contribution in [-0.2, 0) is 0 Å². The van der Waals surface area contributed by atoms with Gasteiger partial charge in [0.2, 0.25) is 0 Å². The molecule has 0 saturated carbocycles. The second kappa shape index (κ2) is 2.27. The van der Waals surface area contributed by atoms with E-state index in [0.29, 0.717) is 0 Å². The molecule has 0 aliphatic carbocycles. The molecular formula is C8H8N2S. The molecule has 0 radical (unpaired) electrons. The number of aromatic nitrogens is 2. The average molecular weight is 164 g/mol. The van der Waals surface area contributed by atoms with E-state index in [2.05, 4.69) is 21.6 Å². The number of aryl methyl sites for hydroxylation is 2. The van der Waals surface area contributed by atoms with Gasteiger partial charge in [0.25, 0.3) is 0 Å². The van der Waals surface area contributed by atoms with Gasteiger partial charge in [-0.1, -0.05) is 0 Å². The van der Waals surface area contributed by atoms with Gasteiger partial charge in [0.1, 0.15) is 0 Å². The normalized spacial score (nSPS) is 10.7. The summed E-state index contributed by atoms with van der Waals surface area (Å²) < 4.78 is 1.26. The highest BCUT2D eigenvalue weighted by molar-refractivity contribution is 7.17. The van der Waals surface area contributed by atoms with Gasteiger partial charge in [-0.2, -0.15) is 10.2 Å². The summed E-state index contributed by atoms with van der Waals surface area (Å²) in [7, 11) is 0. The van der Waals surface area contributed by atoms with Crippen molar-refractivity contribution in [2.45, 2.75) is 13.8 Å². The topological polar surface area (TPSA) is 25.8 Å². The summed E-state index contributed by atoms with van der Waals surface area (Å²) in [5.74, 6) is 0. The van der Waals surface area contributed by atoms with E-state index in [-0.39, 0.29) is 0 Å². The van der Waals surface area contributed by atoms with Crippen molar-refractivity contribution in [3.63, 3.8) is 0 Å². The van der Waals surface area contributed by atoms with Gasteiger partial charge in [0.05, 0.1) is 16.1 Å². The molecule has 0 N–H and O–H groups in total. The smallest absolute Gasteiger partial charge is 0.0778 e. The molecule has 11 heavy (non-hydrogen) atoms. The summed E-state index contributed by atoms with van der Waals surface area (Å²) >= 11 is 1.73. The zero-order chi connectivity index (χ0) is 7.84. The maximum absolute atomic E-state index is 4.04. The fourth-order valence-corrected chi connectivity index (χ4v) is 2.02. The summed E-state index contributed by atoms with van der Waals surface area (Å²) in [5, 5.41) is 11.4. The van der Waals surface area contributed by atoms with Crippen molar-refractivity contribution in [1.29, 1.82) is 0 Å². The Morgan fingerprint density at radius 2 is 1.91 bits per heavy atom. The molecule has 0 fully saturated rings. The van der Waals surface area contributed by atoms with Crippen molar-refractivity contribution in [2.24, 2.45) is 0 Å². The van der Waals surface area contributed by atoms with Crippen LogP contribution in [0.15, 0.2) is 11.4 Å². The predicted octanol–water partition coefficient (Wildman–Crippen LogP) is 2.31. The van der Waals surface area contributed by atoms with Gasteiger partial charge in [-0.3, -0.25) is 0 Å². The fraction of sp³-hybridized carbons (Fsp3) is 0.250. The Morgan fingerprint density at radius 3 is 2.64 bits per heavy atom. The Balaban J connectivity index is 2.96. The zero-order valence-electron chi connectivity index (χ0n) is 6.46. The van der Waals surface area contributed by atoms with E-state index >= 15 is 0 Å². The Bertz CT molecular complexity index is 356. The third-order valence-corrected chi connectivity index (χ3v) is 2.76. The van der Waals surface area contributed by atoms with Crippen molar-refractivity contribution < 1.29 is 0 Å². The summed E-state index contributed by atoms with van der Waals surface area (Å²) in [5.41, 5.74) is 2.05. The van der Waals surface area contributed by atoms with Gasteiger partial charge < -0.3 is 0 Å². The van der Waals surface area contributed by atoms with Crippen LogP contribution in [0.4, 0.5) is 0 Å². The number of thiophene rings is 1. The Hall–Kier alpha value is -0.960. The molecule has 2 heterocycles. The molecule has 3 heteroatoms. The molecule has 0 aliphatic heterocycles. The first-order valence-electron chi connectivity index (χ1n) is 3.46. The summed E-state index contributed by atoms with van der Waals surface area (Å²) in [6.45, 7) is 3.98. The lowest BCUT2D eigenvalue weighted by molar-refractivity contribution is 0.967. The molecule has 56 valence electrons. The maximum Gasteiger partial charge on any atom is 0.0778 e. The molecule has 0 bridgehead atoms. The zero-order valence-corrected chi connectivity index (χ0v) is 7.27. The lowest BCUT2D eigenvalue weighted by Gasteiger charge is -1.95. The molecule has 0 unspecified atom stereocenters. The summed E-state index contributed by atoms with van der Waals surface area (Å²) in [6.07, 6.45) is 0. The van der Waals surface area contributed by atoms with Crippen molar-refractivity contribution in [1.82, 2.24) is 10.2 Å². The second-order valence-corrected chi connectivity index (χ2v) is 3.45. The second-order valence-electron chi connectivity index (χ2n) is 2.53. The molecule has 2 rings (SSSR count). The van der Waals surface area contributed by atoms with Crippen LogP contribution in [0.2, 0.25) is 0 Å². The summed E-state index contributed by atoms with van der Waals surface area (Å²) in [4.78, 5) is 0. The van der Waals surface area contributed by atoms with Gasteiger partial charge in [-0.05, 0) is 25.3 Å². The quantitative estimate of drug-likeness (QED) is 0.597. The maximum atomic E-state index is 4.04. The average Bonchev–Trinajstić information content (AvgIpc) is 2.45. The number of hydrogen-bond donors (Lipinski definition) is 0. The number of rotatable bonds is 0. The molecule has 0 spiro atoms. The lowest BCUT2D eigenvalue weighted by atomic mass is 10.2. The molecule has 0 aliphatic rings. The third-order valence-electron chi connectivity index (χ3n) is 1.73. The lowest BCUT2D eigenvalue weighted by Crippen LogP contribution is -1.89. The Kier molecular flexibility index (Phi) is 1.39. The monoisotopic (exact) mass is 164 g/mol. The molecule has 0 amide bonds. The van der Waals surface area contributed by atoms with Crippen LogP contribution in [0, 0.1) is 13.8 Å². The highest BCUT2D eigenvalue weighted by atomic mass is 32.1. The van der Waals surface area contributed by atoms with E-state index in [0.717, 1.165) is 11.4 Å². The van der Waals surface area contributed by atoms with E-state index in [9.17, 15) is 0 Å². The first-order chi connectivity index (χ1) is 5.29. The van der Waals surface area contributed by atoms with Crippen LogP contribution in [0.3, 0.4) is 0 Å². The first-order valence-corrected chi connectivity index (χ1v) is 4.34. The molecule has 2 aromatic rings. The minimum atomic E-state index is 1.02. The fourth-order valence-electron chi connectivity index (χ4n) is 1.12. The highest BCUT2D eigenvalue weighted by Gasteiger charge is 2.02. The number of fused-ring (bicyclic) bond motifs is 1. The summed E-state index contributed by atoms with van der Waals surface area (Å²) in [6, 6.07) is 2.09. The predicted molar refractivity (Wildman–Crippen MR) is 46.9 cm³/mol. The van der Waals surface area contributed by atoms with Crippen LogP contribution >= 0.6 is 11.3 Å². The van der Waals surface area contributed by atoms with Gasteiger partial charge >= 0.3 is 0 Å². The van der Waals surface area contributed by atoms with Crippen LogP contribution in [0.1, 0.15) is 11.4 Å². The molecule has 0 aromatic carbocycles. The van der Waals surface area contributed by atoms with Gasteiger partial charge in [-0.15, -0.1) is 11.3 Å². The van der Waals surface area contributed by atoms with Crippen LogP contribution < -0.4 is 0 Å². The van der Waals surface area contributed by atoms with Crippen LogP contribution in [0.25, 0.3) is 10.1 Å². The van der Waals surface area contributed by atoms with E-state index in [1.807, 2.05) is 13.8 Å². The Labute approximate surface area is 68.9 Å². The van der Waals surface area contributed by atoms with E-state index < -0.39 is 0 Å². The van der Waals surface area contributed by atoms with Crippen molar-refractivity contribution >= 4 is 21.4 Å². The standard InChI is InChI=1S/C8H8N2S/c1-5-7-3-4-11-8(7)6(2)10-9-5/h3-4H,1-2H3. The van der Waals surface area contributed by atoms with Gasteiger partial charge in [-0.25, -0.2) is 0 Å². The van der Waals surface area contributed by atoms with E-state index in [4.69, 9.17) is 0 Å². The van der Waals surface area contributed by atoms with Crippen molar-refractivity contribution in [3.8, 4) is 0 Å². The SMILES string of the molecule is Cc1nnc(C)c2sccc12. The molecular weight excluding hydrogens is 156 g/mol. The van der Waals surface area contributed by atoms with E-state index in [1.54, 1.807) is 11.3 Å². The van der Waals surface area contributed by atoms with Crippen LogP contribution in [0.5, 0.6) is 0 Å². The van der Waals surface area contributed by atoms with E-state index in [1.165, 1.54) is 10.1 Å². The molecule has 0 saturated heterocycles. The van der Waals surface area contributed by atoms with Crippen LogP contribution in [-0.4, -0.2) is 10.2 Å². The minimum absolute atomic E-state index is 1.02. The van der Waals surface area contributed by atoms with Gasteiger partial charge in [0.15, 0.2) is 0 Å². The third kappa shape index (κ3) is 0.922. The Morgan fingerprint density at radius 1 is 1.18 bits per heavy atom. The minimum Gasteiger partial charge on any atom is -0.155 e. The van der Waals surface area contributed by atoms with Crippen molar-refractivity contribution in [3.05, 3.63) is 22.8 Å². The molecule has 0 atom stereocenters. The molecule has 2 aromatic heterocycles. The largest absolute Gasteiger partial charge is 0.155 e. The first kappa shape index (κ1) is 6.73. The number of hydrogen-bond acceptors (Lipinski definition) is 3.